The zero-order valence-electron chi connectivity index (χ0n) is 15.2. The van der Waals surface area contributed by atoms with E-state index in [1.54, 1.807) is 7.05 Å². The third-order valence-corrected chi connectivity index (χ3v) is 5.01. The summed E-state index contributed by atoms with van der Waals surface area (Å²) in [4.78, 5) is 5.58. The number of aromatic nitrogens is 2. The van der Waals surface area contributed by atoms with Crippen LogP contribution in [0.15, 0.2) is 34.2 Å². The van der Waals surface area contributed by atoms with Crippen LogP contribution in [0, 0.1) is 20.8 Å². The number of thioether (sulfide) groups is 1. The van der Waals surface area contributed by atoms with Gasteiger partial charge in [-0.3, -0.25) is 9.67 Å². The fourth-order valence-corrected chi connectivity index (χ4v) is 3.21. The summed E-state index contributed by atoms with van der Waals surface area (Å²) in [5.41, 5.74) is 4.77. The molecule has 1 aromatic carbocycles. The van der Waals surface area contributed by atoms with Crippen molar-refractivity contribution in [1.29, 1.82) is 0 Å². The molecule has 0 bridgehead atoms. The van der Waals surface area contributed by atoms with Crippen molar-refractivity contribution in [3.05, 3.63) is 46.8 Å². The Kier molecular flexibility index (Phi) is 6.73. The number of nitrogens with zero attached hydrogens (tertiary/aromatic N) is 3. The molecular formula is C18H27N5S. The van der Waals surface area contributed by atoms with E-state index in [0.717, 1.165) is 30.5 Å². The smallest absolute Gasteiger partial charge is 0.191 e. The van der Waals surface area contributed by atoms with Gasteiger partial charge in [0.15, 0.2) is 5.96 Å². The number of hydrogen-bond donors (Lipinski definition) is 2. The second-order valence-corrected chi connectivity index (χ2v) is 6.96. The van der Waals surface area contributed by atoms with Crippen LogP contribution in [0.25, 0.3) is 0 Å². The molecule has 0 unspecified atom stereocenters. The fraction of sp³-hybridized carbons (Fsp3) is 0.444. The van der Waals surface area contributed by atoms with Crippen molar-refractivity contribution in [3.8, 4) is 0 Å². The summed E-state index contributed by atoms with van der Waals surface area (Å²) in [6.07, 6.45) is 0. The van der Waals surface area contributed by atoms with E-state index in [1.165, 1.54) is 21.7 Å². The van der Waals surface area contributed by atoms with Gasteiger partial charge in [0, 0.05) is 49.1 Å². The maximum absolute atomic E-state index is 4.44. The standard InChI is InChI=1S/C18H27N5S/c1-13-6-8-16(9-7-13)24-11-10-20-18(19-4)21-12-17-14(2)22-23(5)15(17)3/h6-9H,10-12H2,1-5H3,(H2,19,20,21). The van der Waals surface area contributed by atoms with E-state index in [0.29, 0.717) is 0 Å². The highest BCUT2D eigenvalue weighted by Crippen LogP contribution is 2.17. The lowest BCUT2D eigenvalue weighted by Crippen LogP contribution is -2.38. The van der Waals surface area contributed by atoms with Gasteiger partial charge >= 0.3 is 0 Å². The van der Waals surface area contributed by atoms with E-state index in [9.17, 15) is 0 Å². The van der Waals surface area contributed by atoms with Crippen molar-refractivity contribution in [2.24, 2.45) is 12.0 Å². The van der Waals surface area contributed by atoms with Gasteiger partial charge in [-0.25, -0.2) is 0 Å². The minimum absolute atomic E-state index is 0.732. The average Bonchev–Trinajstić information content (AvgIpc) is 2.81. The molecule has 0 aliphatic rings. The number of aryl methyl sites for hydroxylation is 3. The highest BCUT2D eigenvalue weighted by atomic mass is 32.2. The van der Waals surface area contributed by atoms with Gasteiger partial charge < -0.3 is 10.6 Å². The molecule has 0 fully saturated rings. The first-order chi connectivity index (χ1) is 11.5. The van der Waals surface area contributed by atoms with Crippen molar-refractivity contribution in [2.75, 3.05) is 19.3 Å². The Hall–Kier alpha value is -1.95. The molecule has 1 heterocycles. The van der Waals surface area contributed by atoms with E-state index < -0.39 is 0 Å². The lowest BCUT2D eigenvalue weighted by Gasteiger charge is -2.12. The zero-order chi connectivity index (χ0) is 17.5. The van der Waals surface area contributed by atoms with Gasteiger partial charge in [-0.15, -0.1) is 11.8 Å². The molecule has 1 aromatic heterocycles. The normalized spacial score (nSPS) is 11.6. The number of aliphatic imine (C=N–C) groups is 1. The molecule has 130 valence electrons. The predicted octanol–water partition coefficient (Wildman–Crippen LogP) is 2.80. The Labute approximate surface area is 148 Å². The van der Waals surface area contributed by atoms with Crippen molar-refractivity contribution >= 4 is 17.7 Å². The summed E-state index contributed by atoms with van der Waals surface area (Å²) in [5.74, 6) is 1.82. The number of nitrogens with one attached hydrogen (secondary N) is 2. The van der Waals surface area contributed by atoms with Crippen molar-refractivity contribution < 1.29 is 0 Å². The molecule has 2 aromatic rings. The molecule has 24 heavy (non-hydrogen) atoms. The summed E-state index contributed by atoms with van der Waals surface area (Å²) in [6, 6.07) is 8.63. The quantitative estimate of drug-likeness (QED) is 0.366. The maximum atomic E-state index is 4.44. The summed E-state index contributed by atoms with van der Waals surface area (Å²) >= 11 is 1.85. The first-order valence-electron chi connectivity index (χ1n) is 8.14. The van der Waals surface area contributed by atoms with Gasteiger partial charge in [-0.05, 0) is 32.9 Å². The molecule has 5 nitrogen and oxygen atoms in total. The monoisotopic (exact) mass is 345 g/mol. The minimum Gasteiger partial charge on any atom is -0.356 e. The summed E-state index contributed by atoms with van der Waals surface area (Å²) < 4.78 is 1.92. The second kappa shape index (κ2) is 8.78. The molecule has 0 saturated heterocycles. The molecule has 0 spiro atoms. The van der Waals surface area contributed by atoms with Gasteiger partial charge in [0.25, 0.3) is 0 Å². The summed E-state index contributed by atoms with van der Waals surface area (Å²) in [7, 11) is 3.77. The van der Waals surface area contributed by atoms with Crippen LogP contribution in [0.4, 0.5) is 0 Å². The Morgan fingerprint density at radius 2 is 1.88 bits per heavy atom. The number of rotatable bonds is 6. The molecule has 6 heteroatoms. The molecule has 0 atom stereocenters. The van der Waals surface area contributed by atoms with E-state index >= 15 is 0 Å². The summed E-state index contributed by atoms with van der Waals surface area (Å²) in [6.45, 7) is 7.83. The Balaban J connectivity index is 1.75. The van der Waals surface area contributed by atoms with Crippen LogP contribution in [0.1, 0.15) is 22.5 Å². The fourth-order valence-electron chi connectivity index (χ4n) is 2.44. The van der Waals surface area contributed by atoms with Crippen LogP contribution >= 0.6 is 11.8 Å². The third kappa shape index (κ3) is 5.03. The van der Waals surface area contributed by atoms with Gasteiger partial charge in [-0.2, -0.15) is 5.10 Å². The Bertz CT molecular complexity index is 688. The van der Waals surface area contributed by atoms with Gasteiger partial charge in [0.05, 0.1) is 5.69 Å². The largest absolute Gasteiger partial charge is 0.356 e. The molecule has 0 radical (unpaired) electrons. The molecule has 2 N–H and O–H groups in total. The Morgan fingerprint density at radius 1 is 1.17 bits per heavy atom. The van der Waals surface area contributed by atoms with Crippen LogP contribution in [0.3, 0.4) is 0 Å². The number of hydrogen-bond acceptors (Lipinski definition) is 3. The zero-order valence-corrected chi connectivity index (χ0v) is 16.0. The van der Waals surface area contributed by atoms with Gasteiger partial charge in [-0.1, -0.05) is 17.7 Å². The van der Waals surface area contributed by atoms with Crippen LogP contribution < -0.4 is 10.6 Å². The van der Waals surface area contributed by atoms with Crippen LogP contribution in [-0.2, 0) is 13.6 Å². The third-order valence-electron chi connectivity index (χ3n) is 4.00. The molecule has 0 aliphatic heterocycles. The van der Waals surface area contributed by atoms with Gasteiger partial charge in [0.2, 0.25) is 0 Å². The van der Waals surface area contributed by atoms with Crippen LogP contribution in [-0.4, -0.2) is 35.1 Å². The SMILES string of the molecule is CN=C(NCCSc1ccc(C)cc1)NCc1c(C)nn(C)c1C. The number of guanidine groups is 1. The predicted molar refractivity (Wildman–Crippen MR) is 103 cm³/mol. The molecule has 2 rings (SSSR count). The lowest BCUT2D eigenvalue weighted by atomic mass is 10.2. The molecule has 0 aliphatic carbocycles. The first kappa shape index (κ1) is 18.4. The van der Waals surface area contributed by atoms with E-state index in [2.05, 4.69) is 58.8 Å². The first-order valence-corrected chi connectivity index (χ1v) is 9.13. The van der Waals surface area contributed by atoms with Crippen molar-refractivity contribution in [1.82, 2.24) is 20.4 Å². The van der Waals surface area contributed by atoms with E-state index in [4.69, 9.17) is 0 Å². The highest BCUT2D eigenvalue weighted by Gasteiger charge is 2.09. The van der Waals surface area contributed by atoms with Crippen molar-refractivity contribution in [3.63, 3.8) is 0 Å². The van der Waals surface area contributed by atoms with E-state index in [-0.39, 0.29) is 0 Å². The number of benzene rings is 1. The molecule has 0 saturated carbocycles. The van der Waals surface area contributed by atoms with Crippen molar-refractivity contribution in [2.45, 2.75) is 32.2 Å². The highest BCUT2D eigenvalue weighted by molar-refractivity contribution is 7.99. The van der Waals surface area contributed by atoms with Gasteiger partial charge in [0.1, 0.15) is 0 Å². The van der Waals surface area contributed by atoms with E-state index in [1.807, 2.05) is 30.4 Å². The minimum atomic E-state index is 0.732. The summed E-state index contributed by atoms with van der Waals surface area (Å²) in [5, 5.41) is 11.2. The topological polar surface area (TPSA) is 54.2 Å². The molecular weight excluding hydrogens is 318 g/mol. The second-order valence-electron chi connectivity index (χ2n) is 5.79. The van der Waals surface area contributed by atoms with Crippen LogP contribution in [0.5, 0.6) is 0 Å². The lowest BCUT2D eigenvalue weighted by molar-refractivity contribution is 0.729. The maximum Gasteiger partial charge on any atom is 0.191 e. The Morgan fingerprint density at radius 3 is 2.46 bits per heavy atom. The average molecular weight is 346 g/mol. The van der Waals surface area contributed by atoms with Crippen LogP contribution in [0.2, 0.25) is 0 Å². The molecule has 0 amide bonds.